The van der Waals surface area contributed by atoms with Crippen LogP contribution in [0, 0.1) is 0 Å². The second kappa shape index (κ2) is 7.45. The molecule has 102 valence electrons. The van der Waals surface area contributed by atoms with Crippen LogP contribution in [0.15, 0.2) is 48.5 Å². The fourth-order valence-corrected chi connectivity index (χ4v) is 1.94. The van der Waals surface area contributed by atoms with Crippen molar-refractivity contribution in [1.82, 2.24) is 0 Å². The van der Waals surface area contributed by atoms with E-state index in [1.165, 1.54) is 0 Å². The van der Waals surface area contributed by atoms with Crippen LogP contribution in [0.2, 0.25) is 5.02 Å². The average Bonchev–Trinajstić information content (AvgIpc) is 2.37. The maximum absolute atomic E-state index is 10.5. The first-order valence-electron chi connectivity index (χ1n) is 5.38. The molecule has 7 heteroatoms. The fourth-order valence-electron chi connectivity index (χ4n) is 1.53. The molecule has 2 aromatic rings. The summed E-state index contributed by atoms with van der Waals surface area (Å²) in [6.07, 6.45) is 0. The molecule has 0 atom stereocenters. The third kappa shape index (κ3) is 5.44. The minimum Gasteiger partial charge on any atom is -1.00 e. The standard InChI is InChI=1S/C13H11ClO4S.Na.H/c14-12-5-1-10(2-6-12)11-3-7-13(8-4-11)18-9-19(15,16)17;;/h1-8H,9H2,(H,15,16,17);;/q;+1;-1. The summed E-state index contributed by atoms with van der Waals surface area (Å²) in [4.78, 5) is 0. The molecule has 0 aromatic heterocycles. The Morgan fingerprint density at radius 3 is 1.90 bits per heavy atom. The summed E-state index contributed by atoms with van der Waals surface area (Å²) in [5.74, 6) is -0.386. The van der Waals surface area contributed by atoms with Crippen LogP contribution in [0.1, 0.15) is 1.43 Å². The topological polar surface area (TPSA) is 63.6 Å². The smallest absolute Gasteiger partial charge is 1.00 e. The molecular formula is C13H12ClNaO4S. The molecule has 0 amide bonds. The molecule has 0 radical (unpaired) electrons. The molecule has 0 aliphatic heterocycles. The van der Waals surface area contributed by atoms with Crippen LogP contribution in [0.3, 0.4) is 0 Å². The Balaban J connectivity index is 0.00000200. The summed E-state index contributed by atoms with van der Waals surface area (Å²) in [6, 6.07) is 14.2. The summed E-state index contributed by atoms with van der Waals surface area (Å²) in [5, 5.41) is 0.664. The van der Waals surface area contributed by atoms with Crippen LogP contribution in [-0.4, -0.2) is 18.9 Å². The number of hydrogen-bond donors (Lipinski definition) is 1. The van der Waals surface area contributed by atoms with Crippen molar-refractivity contribution in [3.05, 3.63) is 53.6 Å². The van der Waals surface area contributed by atoms with E-state index in [0.29, 0.717) is 10.8 Å². The molecule has 4 nitrogen and oxygen atoms in total. The average molecular weight is 323 g/mol. The van der Waals surface area contributed by atoms with E-state index in [-0.39, 0.29) is 31.0 Å². The van der Waals surface area contributed by atoms with E-state index < -0.39 is 16.1 Å². The van der Waals surface area contributed by atoms with Crippen molar-refractivity contribution in [1.29, 1.82) is 0 Å². The van der Waals surface area contributed by atoms with E-state index in [1.807, 2.05) is 12.1 Å². The zero-order valence-corrected chi connectivity index (χ0v) is 14.4. The Labute approximate surface area is 146 Å². The predicted molar refractivity (Wildman–Crippen MR) is 75.0 cm³/mol. The number of hydrogen-bond acceptors (Lipinski definition) is 3. The molecule has 0 spiro atoms. The first-order chi connectivity index (χ1) is 8.94. The van der Waals surface area contributed by atoms with Crippen molar-refractivity contribution < 1.29 is 48.7 Å². The van der Waals surface area contributed by atoms with E-state index in [0.717, 1.165) is 11.1 Å². The van der Waals surface area contributed by atoms with E-state index in [1.54, 1.807) is 36.4 Å². The molecule has 0 heterocycles. The summed E-state index contributed by atoms with van der Waals surface area (Å²) in [5.41, 5.74) is 1.95. The first kappa shape index (κ1) is 17.5. The van der Waals surface area contributed by atoms with E-state index >= 15 is 0 Å². The van der Waals surface area contributed by atoms with Gasteiger partial charge >= 0.3 is 39.7 Å². The number of halogens is 1. The third-order valence-corrected chi connectivity index (χ3v) is 3.07. The van der Waals surface area contributed by atoms with Crippen molar-refractivity contribution in [2.24, 2.45) is 0 Å². The van der Waals surface area contributed by atoms with Gasteiger partial charge in [0, 0.05) is 5.02 Å². The van der Waals surface area contributed by atoms with Gasteiger partial charge in [0.25, 0.3) is 0 Å². The van der Waals surface area contributed by atoms with Crippen molar-refractivity contribution >= 4 is 21.7 Å². The largest absolute Gasteiger partial charge is 1.00 e. The molecule has 0 saturated carbocycles. The van der Waals surface area contributed by atoms with Gasteiger partial charge in [-0.1, -0.05) is 35.9 Å². The Hall–Kier alpha value is -0.560. The van der Waals surface area contributed by atoms with E-state index in [9.17, 15) is 8.42 Å². The van der Waals surface area contributed by atoms with Gasteiger partial charge in [0.15, 0.2) is 0 Å². The van der Waals surface area contributed by atoms with Gasteiger partial charge in [0.05, 0.1) is 0 Å². The van der Waals surface area contributed by atoms with Crippen LogP contribution in [-0.2, 0) is 10.1 Å². The minimum absolute atomic E-state index is 0. The predicted octanol–water partition coefficient (Wildman–Crippen LogP) is 0.348. The van der Waals surface area contributed by atoms with Crippen molar-refractivity contribution in [2.75, 3.05) is 5.94 Å². The van der Waals surface area contributed by atoms with E-state index in [4.69, 9.17) is 20.9 Å². The molecule has 0 unspecified atom stereocenters. The van der Waals surface area contributed by atoms with Gasteiger partial charge in [0.2, 0.25) is 5.94 Å². The molecule has 0 fully saturated rings. The monoisotopic (exact) mass is 322 g/mol. The fraction of sp³-hybridized carbons (Fsp3) is 0.0769. The van der Waals surface area contributed by atoms with Gasteiger partial charge < -0.3 is 6.16 Å². The third-order valence-electron chi connectivity index (χ3n) is 2.41. The van der Waals surface area contributed by atoms with Gasteiger partial charge in [-0.3, -0.25) is 4.55 Å². The summed E-state index contributed by atoms with van der Waals surface area (Å²) >= 11 is 5.81. The SMILES string of the molecule is O=S(=O)(O)COc1ccc(-c2ccc(Cl)cc2)cc1.[H-].[Na+]. The maximum atomic E-state index is 10.5. The van der Waals surface area contributed by atoms with Crippen molar-refractivity contribution in [2.45, 2.75) is 0 Å². The molecule has 0 bridgehead atoms. The Kier molecular flexibility index (Phi) is 6.51. The Bertz CT molecular complexity index is 660. The minimum atomic E-state index is -4.13. The molecule has 0 aliphatic rings. The molecular weight excluding hydrogens is 311 g/mol. The molecule has 0 saturated heterocycles. The Morgan fingerprint density at radius 1 is 1.00 bits per heavy atom. The molecule has 1 N–H and O–H groups in total. The number of rotatable bonds is 4. The van der Waals surface area contributed by atoms with Crippen molar-refractivity contribution in [3.8, 4) is 16.9 Å². The number of ether oxygens (including phenoxy) is 1. The second-order valence-corrected chi connectivity index (χ2v) is 5.71. The van der Waals surface area contributed by atoms with Gasteiger partial charge in [-0.25, -0.2) is 0 Å². The van der Waals surface area contributed by atoms with Gasteiger partial charge in [0.1, 0.15) is 5.75 Å². The van der Waals surface area contributed by atoms with Gasteiger partial charge in [-0.15, -0.1) is 0 Å². The van der Waals surface area contributed by atoms with E-state index in [2.05, 4.69) is 0 Å². The van der Waals surface area contributed by atoms with Gasteiger partial charge in [-0.2, -0.15) is 8.42 Å². The summed E-state index contributed by atoms with van der Waals surface area (Å²) in [7, 11) is -4.13. The molecule has 0 aliphatic carbocycles. The van der Waals surface area contributed by atoms with Crippen LogP contribution in [0.4, 0.5) is 0 Å². The summed E-state index contributed by atoms with van der Waals surface area (Å²) in [6.45, 7) is 0. The zero-order chi connectivity index (χ0) is 13.9. The quantitative estimate of drug-likeness (QED) is 0.651. The van der Waals surface area contributed by atoms with Crippen LogP contribution >= 0.6 is 11.6 Å². The van der Waals surface area contributed by atoms with Crippen molar-refractivity contribution in [3.63, 3.8) is 0 Å². The van der Waals surface area contributed by atoms with Gasteiger partial charge in [-0.05, 0) is 35.4 Å². The van der Waals surface area contributed by atoms with Crippen LogP contribution < -0.4 is 34.3 Å². The first-order valence-corrected chi connectivity index (χ1v) is 7.37. The molecule has 2 rings (SSSR count). The molecule has 20 heavy (non-hydrogen) atoms. The number of benzene rings is 2. The maximum Gasteiger partial charge on any atom is 1.00 e. The Morgan fingerprint density at radius 2 is 1.45 bits per heavy atom. The normalized spacial score (nSPS) is 10.7. The zero-order valence-electron chi connectivity index (χ0n) is 11.8. The van der Waals surface area contributed by atoms with Crippen LogP contribution in [0.25, 0.3) is 11.1 Å². The molecule has 2 aromatic carbocycles. The second-order valence-electron chi connectivity index (χ2n) is 3.88. The summed E-state index contributed by atoms with van der Waals surface area (Å²) < 4.78 is 34.6. The van der Waals surface area contributed by atoms with Crippen LogP contribution in [0.5, 0.6) is 5.75 Å².